The van der Waals surface area contributed by atoms with E-state index in [-0.39, 0.29) is 22.4 Å². The van der Waals surface area contributed by atoms with Crippen molar-refractivity contribution in [1.29, 1.82) is 0 Å². The normalized spacial score (nSPS) is 14.0. The van der Waals surface area contributed by atoms with Crippen molar-refractivity contribution >= 4 is 28.3 Å². The largest absolute Gasteiger partial charge is 0.455 e. The number of aryl methyl sites for hydroxylation is 1. The van der Waals surface area contributed by atoms with E-state index in [1.165, 1.54) is 12.1 Å². The highest BCUT2D eigenvalue weighted by Crippen LogP contribution is 2.44. The molecule has 1 nitrogen and oxygen atoms in total. The maximum absolute atomic E-state index is 13.0. The van der Waals surface area contributed by atoms with E-state index in [2.05, 4.69) is 15.9 Å². The molecular formula is C10H10BrClF5N. The Balaban J connectivity index is 0.00000289. The lowest BCUT2D eigenvalue weighted by Gasteiger charge is -2.26. The Labute approximate surface area is 115 Å². The van der Waals surface area contributed by atoms with Gasteiger partial charge in [-0.05, 0) is 24.1 Å². The second kappa shape index (κ2) is 5.71. The third-order valence-electron chi connectivity index (χ3n) is 2.26. The fourth-order valence-corrected chi connectivity index (χ4v) is 2.00. The molecule has 0 radical (unpaired) electrons. The third kappa shape index (κ3) is 3.33. The number of hydrogen-bond donors (Lipinski definition) is 1. The van der Waals surface area contributed by atoms with Gasteiger partial charge in [-0.15, -0.1) is 12.4 Å². The molecule has 1 aromatic rings. The van der Waals surface area contributed by atoms with Crippen LogP contribution in [-0.4, -0.2) is 12.1 Å². The Morgan fingerprint density at radius 3 is 2.06 bits per heavy atom. The fourth-order valence-electron chi connectivity index (χ4n) is 1.26. The minimum Gasteiger partial charge on any atom is -0.319 e. The number of alkyl halides is 5. The minimum absolute atomic E-state index is 0. The van der Waals surface area contributed by atoms with E-state index in [4.69, 9.17) is 5.73 Å². The van der Waals surface area contributed by atoms with Gasteiger partial charge < -0.3 is 5.73 Å². The SMILES string of the molecule is Cc1ccc([C@H](N)C(F)(F)C(F)(F)F)c(Br)c1.Cl. The van der Waals surface area contributed by atoms with Crippen LogP contribution >= 0.6 is 28.3 Å². The van der Waals surface area contributed by atoms with Gasteiger partial charge in [0, 0.05) is 4.47 Å². The molecule has 0 aliphatic rings. The van der Waals surface area contributed by atoms with E-state index in [0.29, 0.717) is 0 Å². The van der Waals surface area contributed by atoms with Crippen molar-refractivity contribution in [3.05, 3.63) is 33.8 Å². The number of hydrogen-bond acceptors (Lipinski definition) is 1. The summed E-state index contributed by atoms with van der Waals surface area (Å²) in [6.07, 6.45) is -5.67. The van der Waals surface area contributed by atoms with Crippen LogP contribution in [0.2, 0.25) is 0 Å². The van der Waals surface area contributed by atoms with Crippen molar-refractivity contribution < 1.29 is 22.0 Å². The van der Waals surface area contributed by atoms with E-state index >= 15 is 0 Å². The molecule has 8 heteroatoms. The lowest BCUT2D eigenvalue weighted by Crippen LogP contribution is -2.46. The molecule has 104 valence electrons. The average Bonchev–Trinajstić information content (AvgIpc) is 2.14. The van der Waals surface area contributed by atoms with Crippen molar-refractivity contribution in [3.63, 3.8) is 0 Å². The lowest BCUT2D eigenvalue weighted by molar-refractivity contribution is -0.291. The number of rotatable bonds is 2. The quantitative estimate of drug-likeness (QED) is 0.784. The molecule has 0 heterocycles. The predicted octanol–water partition coefficient (Wildman–Crippen LogP) is 4.38. The fraction of sp³-hybridized carbons (Fsp3) is 0.400. The Hall–Kier alpha value is -0.400. The summed E-state index contributed by atoms with van der Waals surface area (Å²) >= 11 is 2.93. The van der Waals surface area contributed by atoms with Gasteiger partial charge >= 0.3 is 12.1 Å². The van der Waals surface area contributed by atoms with Crippen molar-refractivity contribution in [2.75, 3.05) is 0 Å². The molecule has 18 heavy (non-hydrogen) atoms. The van der Waals surface area contributed by atoms with Gasteiger partial charge in [-0.25, -0.2) is 0 Å². The summed E-state index contributed by atoms with van der Waals surface area (Å²) in [6.45, 7) is 1.68. The molecule has 0 bridgehead atoms. The molecule has 0 amide bonds. The molecule has 1 rings (SSSR count). The number of halogens is 7. The second-order valence-corrected chi connectivity index (χ2v) is 4.48. The summed E-state index contributed by atoms with van der Waals surface area (Å²) in [6, 6.07) is 1.58. The van der Waals surface area contributed by atoms with Crippen LogP contribution in [-0.2, 0) is 0 Å². The molecule has 0 aliphatic carbocycles. The molecular weight excluding hydrogens is 344 g/mol. The first-order valence-electron chi connectivity index (χ1n) is 4.53. The van der Waals surface area contributed by atoms with Crippen LogP contribution in [0.3, 0.4) is 0 Å². The molecule has 0 saturated heterocycles. The van der Waals surface area contributed by atoms with Gasteiger partial charge in [0.2, 0.25) is 0 Å². The van der Waals surface area contributed by atoms with Crippen LogP contribution in [0.4, 0.5) is 22.0 Å². The molecule has 0 spiro atoms. The molecule has 1 atom stereocenters. The lowest BCUT2D eigenvalue weighted by atomic mass is 10.00. The molecule has 0 fully saturated rings. The predicted molar refractivity (Wildman–Crippen MR) is 64.1 cm³/mol. The number of benzene rings is 1. The van der Waals surface area contributed by atoms with Crippen LogP contribution in [0, 0.1) is 6.92 Å². The zero-order valence-corrected chi connectivity index (χ0v) is 11.5. The van der Waals surface area contributed by atoms with Gasteiger partial charge in [0.1, 0.15) is 6.04 Å². The van der Waals surface area contributed by atoms with E-state index in [9.17, 15) is 22.0 Å². The van der Waals surface area contributed by atoms with Gasteiger partial charge in [-0.3, -0.25) is 0 Å². The molecule has 0 aromatic heterocycles. The highest BCUT2D eigenvalue weighted by atomic mass is 79.9. The van der Waals surface area contributed by atoms with E-state index < -0.39 is 18.1 Å². The Morgan fingerprint density at radius 2 is 1.67 bits per heavy atom. The standard InChI is InChI=1S/C10H9BrF5N.ClH/c1-5-2-3-6(7(11)4-5)8(17)9(12,13)10(14,15)16;/h2-4,8H,17H2,1H3;1H/t8-;/m0./s1. The smallest absolute Gasteiger partial charge is 0.319 e. The second-order valence-electron chi connectivity index (χ2n) is 3.62. The topological polar surface area (TPSA) is 26.0 Å². The first-order chi connectivity index (χ1) is 7.57. The van der Waals surface area contributed by atoms with Crippen molar-refractivity contribution in [2.24, 2.45) is 5.73 Å². The Kier molecular flexibility index (Phi) is 5.58. The zero-order chi connectivity index (χ0) is 13.4. The summed E-state index contributed by atoms with van der Waals surface area (Å²) in [7, 11) is 0. The first-order valence-corrected chi connectivity index (χ1v) is 5.33. The van der Waals surface area contributed by atoms with E-state index in [1.807, 2.05) is 0 Å². The van der Waals surface area contributed by atoms with Gasteiger partial charge in [0.05, 0.1) is 0 Å². The number of nitrogens with two attached hydrogens (primary N) is 1. The van der Waals surface area contributed by atoms with Crippen molar-refractivity contribution in [1.82, 2.24) is 0 Å². The summed E-state index contributed by atoms with van der Waals surface area (Å²) in [5.41, 5.74) is 5.46. The molecule has 0 unspecified atom stereocenters. The van der Waals surface area contributed by atoms with E-state index in [0.717, 1.165) is 11.6 Å². The van der Waals surface area contributed by atoms with Crippen LogP contribution in [0.15, 0.2) is 22.7 Å². The summed E-state index contributed by atoms with van der Waals surface area (Å²) < 4.78 is 62.6. The Bertz CT molecular complexity index is 421. The molecule has 0 aliphatic heterocycles. The summed E-state index contributed by atoms with van der Waals surface area (Å²) in [4.78, 5) is 0. The van der Waals surface area contributed by atoms with E-state index in [1.54, 1.807) is 6.92 Å². The van der Waals surface area contributed by atoms with Crippen LogP contribution in [0.5, 0.6) is 0 Å². The average molecular weight is 355 g/mol. The highest BCUT2D eigenvalue weighted by Gasteiger charge is 2.61. The van der Waals surface area contributed by atoms with Crippen LogP contribution in [0.1, 0.15) is 17.2 Å². The minimum atomic E-state index is -5.67. The summed E-state index contributed by atoms with van der Waals surface area (Å²) in [5, 5.41) is 0. The van der Waals surface area contributed by atoms with Gasteiger partial charge in [0.25, 0.3) is 0 Å². The third-order valence-corrected chi connectivity index (χ3v) is 2.95. The highest BCUT2D eigenvalue weighted by molar-refractivity contribution is 9.10. The van der Waals surface area contributed by atoms with Crippen LogP contribution < -0.4 is 5.73 Å². The van der Waals surface area contributed by atoms with Gasteiger partial charge in [-0.2, -0.15) is 22.0 Å². The monoisotopic (exact) mass is 353 g/mol. The maximum atomic E-state index is 13.0. The molecule has 1 aromatic carbocycles. The zero-order valence-electron chi connectivity index (χ0n) is 9.06. The summed E-state index contributed by atoms with van der Waals surface area (Å²) in [5.74, 6) is -4.97. The Morgan fingerprint density at radius 1 is 1.17 bits per heavy atom. The van der Waals surface area contributed by atoms with Crippen LogP contribution in [0.25, 0.3) is 0 Å². The van der Waals surface area contributed by atoms with Gasteiger partial charge in [0.15, 0.2) is 0 Å². The van der Waals surface area contributed by atoms with Crippen molar-refractivity contribution in [3.8, 4) is 0 Å². The molecule has 0 saturated carbocycles. The maximum Gasteiger partial charge on any atom is 0.455 e. The van der Waals surface area contributed by atoms with Crippen molar-refractivity contribution in [2.45, 2.75) is 25.1 Å². The molecule has 2 N–H and O–H groups in total. The first kappa shape index (κ1) is 17.6. The van der Waals surface area contributed by atoms with Gasteiger partial charge in [-0.1, -0.05) is 28.1 Å².